The van der Waals surface area contributed by atoms with Crippen LogP contribution in [0.4, 0.5) is 0 Å². The summed E-state index contributed by atoms with van der Waals surface area (Å²) in [6, 6.07) is 4.59. The van der Waals surface area contributed by atoms with Crippen LogP contribution in [-0.4, -0.2) is 27.1 Å². The monoisotopic (exact) mass is 343 g/mol. The third-order valence-electron chi connectivity index (χ3n) is 5.67. The van der Waals surface area contributed by atoms with Crippen molar-refractivity contribution in [1.29, 1.82) is 0 Å². The van der Waals surface area contributed by atoms with Crippen molar-refractivity contribution >= 4 is 17.2 Å². The van der Waals surface area contributed by atoms with Gasteiger partial charge < -0.3 is 4.90 Å². The molecular weight excluding hydrogens is 318 g/mol. The summed E-state index contributed by atoms with van der Waals surface area (Å²) in [5.74, 6) is 1.01. The van der Waals surface area contributed by atoms with Gasteiger partial charge in [0.1, 0.15) is 0 Å². The molecule has 0 spiro atoms. The van der Waals surface area contributed by atoms with Crippen LogP contribution in [0.1, 0.15) is 57.9 Å². The molecule has 1 saturated carbocycles. The van der Waals surface area contributed by atoms with Crippen molar-refractivity contribution in [2.45, 2.75) is 52.0 Å². The Hall–Kier alpha value is -1.62. The molecule has 0 aromatic carbocycles. The van der Waals surface area contributed by atoms with E-state index in [1.54, 1.807) is 0 Å². The van der Waals surface area contributed by atoms with E-state index in [-0.39, 0.29) is 12.0 Å². The summed E-state index contributed by atoms with van der Waals surface area (Å²) in [7, 11) is 1.99. The van der Waals surface area contributed by atoms with Crippen molar-refractivity contribution in [1.82, 2.24) is 14.7 Å². The molecule has 2 aliphatic rings. The van der Waals surface area contributed by atoms with Crippen LogP contribution in [0.3, 0.4) is 0 Å². The van der Waals surface area contributed by atoms with Crippen molar-refractivity contribution < 1.29 is 4.79 Å². The van der Waals surface area contributed by atoms with Crippen molar-refractivity contribution in [2.75, 3.05) is 6.54 Å². The first-order valence-electron chi connectivity index (χ1n) is 8.84. The molecule has 1 amide bonds. The van der Waals surface area contributed by atoms with Crippen LogP contribution in [0.15, 0.2) is 12.1 Å². The molecule has 4 nitrogen and oxygen atoms in total. The van der Waals surface area contributed by atoms with Crippen molar-refractivity contribution in [3.8, 4) is 0 Å². The minimum Gasteiger partial charge on any atom is -0.335 e. The summed E-state index contributed by atoms with van der Waals surface area (Å²) in [4.78, 5) is 18.0. The zero-order valence-corrected chi connectivity index (χ0v) is 15.7. The van der Waals surface area contributed by atoms with Gasteiger partial charge in [-0.2, -0.15) is 5.10 Å². The molecule has 1 aliphatic heterocycles. The van der Waals surface area contributed by atoms with E-state index in [1.807, 2.05) is 23.1 Å². The second-order valence-electron chi connectivity index (χ2n) is 7.29. The van der Waals surface area contributed by atoms with E-state index in [0.29, 0.717) is 11.8 Å². The highest BCUT2D eigenvalue weighted by atomic mass is 32.1. The highest BCUT2D eigenvalue weighted by Crippen LogP contribution is 2.52. The highest BCUT2D eigenvalue weighted by Gasteiger charge is 2.48. The summed E-state index contributed by atoms with van der Waals surface area (Å²) in [5, 5.41) is 4.56. The van der Waals surface area contributed by atoms with Crippen LogP contribution in [0, 0.1) is 26.7 Å². The topological polar surface area (TPSA) is 38.1 Å². The molecule has 0 N–H and O–H groups in total. The molecule has 0 radical (unpaired) electrons. The van der Waals surface area contributed by atoms with Crippen LogP contribution in [0.5, 0.6) is 0 Å². The third kappa shape index (κ3) is 2.50. The Morgan fingerprint density at radius 3 is 2.71 bits per heavy atom. The Balaban J connectivity index is 1.54. The minimum atomic E-state index is 0.195. The van der Waals surface area contributed by atoms with E-state index in [2.05, 4.69) is 42.9 Å². The molecule has 4 rings (SSSR count). The number of hydrogen-bond acceptors (Lipinski definition) is 3. The van der Waals surface area contributed by atoms with Crippen molar-refractivity contribution in [3.63, 3.8) is 0 Å². The van der Waals surface area contributed by atoms with Crippen LogP contribution >= 0.6 is 11.3 Å². The standard InChI is InChI=1S/C19H25N3OS/c1-11-7-8-17(24-11)14-10-15(14)19(23)22-9-5-6-16(22)18-12(2)20-21(4)13(18)3/h7-8,14-16H,5-6,9-10H2,1-4H3/t14-,15-,16+/m1/s1. The normalized spacial score (nSPS) is 26.2. The van der Waals surface area contributed by atoms with Crippen LogP contribution in [0.25, 0.3) is 0 Å². The van der Waals surface area contributed by atoms with Gasteiger partial charge in [0, 0.05) is 46.4 Å². The van der Waals surface area contributed by atoms with Gasteiger partial charge in [-0.1, -0.05) is 0 Å². The number of carbonyl (C=O) groups excluding carboxylic acids is 1. The Labute approximate surface area is 147 Å². The highest BCUT2D eigenvalue weighted by molar-refractivity contribution is 7.12. The second kappa shape index (κ2) is 5.73. The largest absolute Gasteiger partial charge is 0.335 e. The van der Waals surface area contributed by atoms with E-state index in [1.165, 1.54) is 21.0 Å². The smallest absolute Gasteiger partial charge is 0.226 e. The lowest BCUT2D eigenvalue weighted by molar-refractivity contribution is -0.133. The number of thiophene rings is 1. The third-order valence-corrected chi connectivity index (χ3v) is 6.80. The number of hydrogen-bond donors (Lipinski definition) is 0. The maximum Gasteiger partial charge on any atom is 0.226 e. The van der Waals surface area contributed by atoms with Gasteiger partial charge in [-0.05, 0) is 52.2 Å². The summed E-state index contributed by atoms with van der Waals surface area (Å²) >= 11 is 1.84. The van der Waals surface area contributed by atoms with Gasteiger partial charge in [0.05, 0.1) is 11.7 Å². The number of nitrogens with zero attached hydrogens (tertiary/aromatic N) is 3. The molecule has 0 unspecified atom stereocenters. The lowest BCUT2D eigenvalue weighted by atomic mass is 10.0. The molecule has 128 valence electrons. The average Bonchev–Trinajstić information content (AvgIpc) is 2.84. The number of amides is 1. The Bertz CT molecular complexity index is 791. The molecule has 24 heavy (non-hydrogen) atoms. The molecule has 1 aliphatic carbocycles. The first-order valence-corrected chi connectivity index (χ1v) is 9.66. The van der Waals surface area contributed by atoms with Crippen molar-refractivity contribution in [2.24, 2.45) is 13.0 Å². The minimum absolute atomic E-state index is 0.195. The second-order valence-corrected chi connectivity index (χ2v) is 8.61. The van der Waals surface area contributed by atoms with Gasteiger partial charge in [0.2, 0.25) is 5.91 Å². The van der Waals surface area contributed by atoms with Gasteiger partial charge in [-0.3, -0.25) is 9.48 Å². The van der Waals surface area contributed by atoms with Gasteiger partial charge in [-0.25, -0.2) is 0 Å². The molecule has 5 heteroatoms. The number of likely N-dealkylation sites (tertiary alicyclic amines) is 1. The first-order chi connectivity index (χ1) is 11.5. The van der Waals surface area contributed by atoms with E-state index in [0.717, 1.165) is 31.5 Å². The molecule has 2 fully saturated rings. The van der Waals surface area contributed by atoms with Crippen LogP contribution in [-0.2, 0) is 11.8 Å². The van der Waals surface area contributed by atoms with Crippen LogP contribution < -0.4 is 0 Å². The zero-order valence-electron chi connectivity index (χ0n) is 14.9. The fraction of sp³-hybridized carbons (Fsp3) is 0.579. The zero-order chi connectivity index (χ0) is 17.0. The summed E-state index contributed by atoms with van der Waals surface area (Å²) in [6.07, 6.45) is 3.18. The maximum atomic E-state index is 13.1. The quantitative estimate of drug-likeness (QED) is 0.848. The molecular formula is C19H25N3OS. The van der Waals surface area contributed by atoms with E-state index in [4.69, 9.17) is 0 Å². The van der Waals surface area contributed by atoms with Gasteiger partial charge >= 0.3 is 0 Å². The average molecular weight is 343 g/mol. The molecule has 3 atom stereocenters. The van der Waals surface area contributed by atoms with E-state index < -0.39 is 0 Å². The number of aryl methyl sites for hydroxylation is 3. The molecule has 1 saturated heterocycles. The molecule has 2 aromatic heterocycles. The number of aromatic nitrogens is 2. The molecule has 2 aromatic rings. The van der Waals surface area contributed by atoms with Gasteiger partial charge in [0.15, 0.2) is 0 Å². The Morgan fingerprint density at radius 1 is 1.29 bits per heavy atom. The van der Waals surface area contributed by atoms with E-state index in [9.17, 15) is 4.79 Å². The Kier molecular flexibility index (Phi) is 3.79. The summed E-state index contributed by atoms with van der Waals surface area (Å²) in [6.45, 7) is 7.21. The Morgan fingerprint density at radius 2 is 2.08 bits per heavy atom. The SMILES string of the molecule is Cc1ccc([C@@H]2C[C@H]2C(=O)N2CCC[C@H]2c2c(C)nn(C)c2C)s1. The fourth-order valence-corrected chi connectivity index (χ4v) is 5.31. The van der Waals surface area contributed by atoms with Gasteiger partial charge in [0.25, 0.3) is 0 Å². The predicted octanol–water partition coefficient (Wildman–Crippen LogP) is 3.87. The summed E-state index contributed by atoms with van der Waals surface area (Å²) < 4.78 is 1.94. The number of rotatable bonds is 3. The molecule has 3 heterocycles. The maximum absolute atomic E-state index is 13.1. The van der Waals surface area contributed by atoms with Crippen LogP contribution in [0.2, 0.25) is 0 Å². The first kappa shape index (κ1) is 15.9. The fourth-order valence-electron chi connectivity index (χ4n) is 4.25. The predicted molar refractivity (Wildman–Crippen MR) is 96.3 cm³/mol. The molecule has 0 bridgehead atoms. The van der Waals surface area contributed by atoms with Crippen molar-refractivity contribution in [3.05, 3.63) is 38.8 Å². The van der Waals surface area contributed by atoms with Gasteiger partial charge in [-0.15, -0.1) is 11.3 Å². The lowest BCUT2D eigenvalue weighted by Crippen LogP contribution is -2.32. The number of carbonyl (C=O) groups is 1. The summed E-state index contributed by atoms with van der Waals surface area (Å²) in [5.41, 5.74) is 3.53. The lowest BCUT2D eigenvalue weighted by Gasteiger charge is -2.25. The van der Waals surface area contributed by atoms with E-state index >= 15 is 0 Å².